The van der Waals surface area contributed by atoms with Crippen molar-refractivity contribution >= 4 is 33.7 Å². The van der Waals surface area contributed by atoms with Gasteiger partial charge in [0.25, 0.3) is 0 Å². The Bertz CT molecular complexity index is 628. The molecule has 24 heavy (non-hydrogen) atoms. The Kier molecular flexibility index (Phi) is 6.57. The minimum Gasteiger partial charge on any atom is -0.305 e. The van der Waals surface area contributed by atoms with Crippen LogP contribution in [0.15, 0.2) is 40.0 Å². The fourth-order valence-corrected chi connectivity index (χ4v) is 3.10. The lowest BCUT2D eigenvalue weighted by Gasteiger charge is -2.22. The minimum absolute atomic E-state index is 0.347. The third-order valence-electron chi connectivity index (χ3n) is 4.61. The summed E-state index contributed by atoms with van der Waals surface area (Å²) in [4.78, 5) is 25.3. The summed E-state index contributed by atoms with van der Waals surface area (Å²) in [5.41, 5.74) is 9.10. The molecule has 1 aromatic carbocycles. The van der Waals surface area contributed by atoms with E-state index in [1.54, 1.807) is 0 Å². The number of nitrogens with zero attached hydrogens (tertiary/aromatic N) is 1. The fraction of sp³-hybridized carbons (Fsp3) is 0.444. The van der Waals surface area contributed by atoms with Crippen LogP contribution >= 0.6 is 15.9 Å². The molecule has 0 spiro atoms. The third-order valence-corrected chi connectivity index (χ3v) is 5.13. The Morgan fingerprint density at radius 1 is 1.42 bits per heavy atom. The molecule has 6 heteroatoms. The summed E-state index contributed by atoms with van der Waals surface area (Å²) in [5, 5.41) is 0. The molecule has 0 aliphatic carbocycles. The molecule has 1 fully saturated rings. The highest BCUT2D eigenvalue weighted by Crippen LogP contribution is 2.27. The SMILES string of the molecule is CCC(C)N1CC(=C(C)NNc2ccc(Br)cc2)C(C(=O)C=O)C1. The van der Waals surface area contributed by atoms with E-state index >= 15 is 0 Å². The van der Waals surface area contributed by atoms with Crippen LogP contribution in [0.3, 0.4) is 0 Å². The van der Waals surface area contributed by atoms with Gasteiger partial charge in [0.1, 0.15) is 0 Å². The molecular formula is C18H24BrN3O2. The summed E-state index contributed by atoms with van der Waals surface area (Å²) in [6.45, 7) is 7.53. The number of carbonyl (C=O) groups excluding carboxylic acids is 2. The summed E-state index contributed by atoms with van der Waals surface area (Å²) >= 11 is 3.40. The van der Waals surface area contributed by atoms with E-state index in [1.807, 2.05) is 31.2 Å². The predicted molar refractivity (Wildman–Crippen MR) is 99.5 cm³/mol. The molecule has 2 unspecified atom stereocenters. The molecule has 2 N–H and O–H groups in total. The average Bonchev–Trinajstić information content (AvgIpc) is 3.05. The van der Waals surface area contributed by atoms with E-state index in [9.17, 15) is 9.59 Å². The first-order valence-electron chi connectivity index (χ1n) is 8.16. The summed E-state index contributed by atoms with van der Waals surface area (Å²) in [6.07, 6.45) is 1.46. The van der Waals surface area contributed by atoms with Gasteiger partial charge in [-0.05, 0) is 50.1 Å². The van der Waals surface area contributed by atoms with Crippen LogP contribution in [-0.2, 0) is 9.59 Å². The summed E-state index contributed by atoms with van der Waals surface area (Å²) < 4.78 is 1.01. The lowest BCUT2D eigenvalue weighted by atomic mass is 9.97. The van der Waals surface area contributed by atoms with E-state index in [0.717, 1.165) is 27.9 Å². The van der Waals surface area contributed by atoms with Gasteiger partial charge in [0, 0.05) is 29.3 Å². The average molecular weight is 394 g/mol. The molecule has 2 atom stereocenters. The van der Waals surface area contributed by atoms with E-state index in [2.05, 4.69) is 45.5 Å². The van der Waals surface area contributed by atoms with Crippen molar-refractivity contribution in [1.82, 2.24) is 10.3 Å². The topological polar surface area (TPSA) is 61.4 Å². The molecule has 1 aromatic rings. The standard InChI is InChI=1S/C18H24BrN3O2/c1-4-12(2)22-9-16(17(10-22)18(24)11-23)13(3)20-21-15-7-5-14(19)6-8-15/h5-8,11-12,17,20-21H,4,9-10H2,1-3H3. The molecule has 0 amide bonds. The number of halogens is 1. The van der Waals surface area contributed by atoms with Crippen LogP contribution in [0.5, 0.6) is 0 Å². The summed E-state index contributed by atoms with van der Waals surface area (Å²) in [5.74, 6) is -0.698. The molecule has 1 heterocycles. The van der Waals surface area contributed by atoms with Crippen LogP contribution < -0.4 is 10.9 Å². The minimum atomic E-state index is -0.351. The molecule has 2 rings (SSSR count). The molecule has 1 aliphatic heterocycles. The molecule has 1 saturated heterocycles. The van der Waals surface area contributed by atoms with Gasteiger partial charge >= 0.3 is 0 Å². The van der Waals surface area contributed by atoms with Crippen molar-refractivity contribution in [2.45, 2.75) is 33.2 Å². The van der Waals surface area contributed by atoms with Gasteiger partial charge in [0.05, 0.1) is 11.6 Å². The number of ketones is 1. The lowest BCUT2D eigenvalue weighted by Crippen LogP contribution is -2.31. The second-order valence-electron chi connectivity index (χ2n) is 6.17. The molecule has 1 aliphatic rings. The zero-order valence-electron chi connectivity index (χ0n) is 14.3. The van der Waals surface area contributed by atoms with Gasteiger partial charge in [-0.3, -0.25) is 14.5 Å². The van der Waals surface area contributed by atoms with Crippen molar-refractivity contribution in [3.8, 4) is 0 Å². The maximum Gasteiger partial charge on any atom is 0.203 e. The first kappa shape index (κ1) is 18.7. The van der Waals surface area contributed by atoms with Crippen LogP contribution in [0, 0.1) is 5.92 Å². The van der Waals surface area contributed by atoms with Crippen molar-refractivity contribution in [3.63, 3.8) is 0 Å². The number of benzene rings is 1. The van der Waals surface area contributed by atoms with Crippen molar-refractivity contribution in [2.75, 3.05) is 18.5 Å². The smallest absolute Gasteiger partial charge is 0.203 e. The number of allylic oxidation sites excluding steroid dienone is 1. The normalized spacial score (nSPS) is 21.2. The first-order valence-corrected chi connectivity index (χ1v) is 8.95. The van der Waals surface area contributed by atoms with Gasteiger partial charge in [0.2, 0.25) is 5.78 Å². The number of nitrogens with one attached hydrogen (secondary N) is 2. The lowest BCUT2D eigenvalue weighted by molar-refractivity contribution is -0.131. The van der Waals surface area contributed by atoms with E-state index in [4.69, 9.17) is 0 Å². The van der Waals surface area contributed by atoms with Crippen molar-refractivity contribution in [1.29, 1.82) is 0 Å². The number of hydrogen-bond donors (Lipinski definition) is 2. The van der Waals surface area contributed by atoms with Gasteiger partial charge < -0.3 is 10.9 Å². The van der Waals surface area contributed by atoms with Crippen molar-refractivity contribution < 1.29 is 9.59 Å². The largest absolute Gasteiger partial charge is 0.305 e. The highest BCUT2D eigenvalue weighted by atomic mass is 79.9. The van der Waals surface area contributed by atoms with Crippen molar-refractivity contribution in [3.05, 3.63) is 40.0 Å². The Balaban J connectivity index is 2.13. The monoisotopic (exact) mass is 393 g/mol. The van der Waals surface area contributed by atoms with Gasteiger partial charge in [-0.1, -0.05) is 22.9 Å². The maximum atomic E-state index is 12.0. The third kappa shape index (κ3) is 4.45. The summed E-state index contributed by atoms with van der Waals surface area (Å²) in [6, 6.07) is 8.18. The number of hydrogen-bond acceptors (Lipinski definition) is 5. The summed E-state index contributed by atoms with van der Waals surface area (Å²) in [7, 11) is 0. The number of rotatable bonds is 7. The number of likely N-dealkylation sites (tertiary alicyclic amines) is 1. The van der Waals surface area contributed by atoms with Gasteiger partial charge in [0.15, 0.2) is 6.29 Å². The maximum absolute atomic E-state index is 12.0. The van der Waals surface area contributed by atoms with Crippen molar-refractivity contribution in [2.24, 2.45) is 5.92 Å². The number of aldehydes is 1. The molecular weight excluding hydrogens is 370 g/mol. The van der Waals surface area contributed by atoms with E-state index in [-0.39, 0.29) is 11.7 Å². The van der Waals surface area contributed by atoms with Gasteiger partial charge in [-0.25, -0.2) is 0 Å². The second-order valence-corrected chi connectivity index (χ2v) is 7.08. The second kappa shape index (κ2) is 8.44. The predicted octanol–water partition coefficient (Wildman–Crippen LogP) is 3.14. The highest BCUT2D eigenvalue weighted by Gasteiger charge is 2.35. The van der Waals surface area contributed by atoms with Crippen LogP contribution in [0.1, 0.15) is 27.2 Å². The first-order chi connectivity index (χ1) is 11.5. The van der Waals surface area contributed by atoms with Gasteiger partial charge in [-0.2, -0.15) is 0 Å². The van der Waals surface area contributed by atoms with E-state index in [1.165, 1.54) is 0 Å². The Labute approximate surface area is 151 Å². The van der Waals surface area contributed by atoms with Crippen LogP contribution in [-0.4, -0.2) is 36.1 Å². The highest BCUT2D eigenvalue weighted by molar-refractivity contribution is 9.10. The van der Waals surface area contributed by atoms with Crippen LogP contribution in [0.25, 0.3) is 0 Å². The molecule has 5 nitrogen and oxygen atoms in total. The number of hydrazine groups is 1. The zero-order chi connectivity index (χ0) is 17.7. The molecule has 130 valence electrons. The molecule has 0 radical (unpaired) electrons. The number of Topliss-reactive ketones (excluding diaryl/α,β-unsaturated/α-hetero) is 1. The van der Waals surface area contributed by atoms with E-state index in [0.29, 0.717) is 25.4 Å². The Morgan fingerprint density at radius 2 is 2.08 bits per heavy atom. The quantitative estimate of drug-likeness (QED) is 0.423. The van der Waals surface area contributed by atoms with Crippen LogP contribution in [0.4, 0.5) is 5.69 Å². The van der Waals surface area contributed by atoms with Crippen LogP contribution in [0.2, 0.25) is 0 Å². The number of anilines is 1. The molecule has 0 saturated carbocycles. The Hall–Kier alpha value is -1.66. The Morgan fingerprint density at radius 3 is 2.67 bits per heavy atom. The number of carbonyl (C=O) groups is 2. The van der Waals surface area contributed by atoms with E-state index < -0.39 is 0 Å². The van der Waals surface area contributed by atoms with Gasteiger partial charge in [-0.15, -0.1) is 0 Å². The fourth-order valence-electron chi connectivity index (χ4n) is 2.84. The molecule has 0 aromatic heterocycles. The zero-order valence-corrected chi connectivity index (χ0v) is 15.9. The molecule has 0 bridgehead atoms.